The first kappa shape index (κ1) is 43.8. The van der Waals surface area contributed by atoms with E-state index >= 15 is 0 Å². The maximum Gasteiger partial charge on any atom is 0.324 e. The number of phenolic OH excluding ortho intramolecular Hbond substituents is 1. The van der Waals surface area contributed by atoms with Crippen molar-refractivity contribution in [2.24, 2.45) is 23.0 Å². The third-order valence-electron chi connectivity index (χ3n) is 12.5. The number of benzene rings is 2. The molecule has 4 aromatic rings. The average Bonchev–Trinajstić information content (AvgIpc) is 3.90. The van der Waals surface area contributed by atoms with Crippen molar-refractivity contribution in [2.45, 2.75) is 110 Å². The molecule has 2 fully saturated rings. The summed E-state index contributed by atoms with van der Waals surface area (Å²) in [6.07, 6.45) is 3.64. The standard InChI is InChI=1S/C47H61N7O7/c1-9-53-39-15-14-29-22-33(39)35(42(53)32-12-10-16-49-40(32)27(4)60-8)24-47(5,6)25-61-46(59)37-13-11-17-54(51-37)45(58)38(20-28-18-30(29)21-31(55)19-28)50-43(56)41(26(2)3)52(7)44(57)34-23-36(34)48/h10,12,14-16,18-19,21-22,26-27,34,36-38,41,51,55H,9,11,13,17,20,23-25,48H2,1-8H3,(H,50,56)/t27-,34-,36+,37-,38-,41?/m0/s1. The van der Waals surface area contributed by atoms with Gasteiger partial charge in [0.15, 0.2) is 0 Å². The molecule has 326 valence electrons. The Balaban J connectivity index is 1.35. The van der Waals surface area contributed by atoms with Crippen LogP contribution in [0.3, 0.4) is 0 Å². The fraction of sp³-hybridized carbons (Fsp3) is 0.511. The molecule has 2 aromatic carbocycles. The van der Waals surface area contributed by atoms with Crippen LogP contribution in [0.25, 0.3) is 33.3 Å². The molecule has 0 radical (unpaired) electrons. The number of nitrogens with two attached hydrogens (primary N) is 1. The van der Waals surface area contributed by atoms with Gasteiger partial charge < -0.3 is 35.1 Å². The average molecular weight is 836 g/mol. The lowest BCUT2D eigenvalue weighted by Gasteiger charge is -2.36. The van der Waals surface area contributed by atoms with Crippen LogP contribution in [-0.4, -0.2) is 99.7 Å². The summed E-state index contributed by atoms with van der Waals surface area (Å²) in [5.74, 6) is -2.22. The van der Waals surface area contributed by atoms with Crippen molar-refractivity contribution in [1.82, 2.24) is 30.2 Å². The Bertz CT molecular complexity index is 2320. The van der Waals surface area contributed by atoms with Crippen molar-refractivity contribution < 1.29 is 33.8 Å². The highest BCUT2D eigenvalue weighted by Gasteiger charge is 2.45. The number of rotatable bonds is 9. The Kier molecular flexibility index (Phi) is 12.6. The second kappa shape index (κ2) is 17.6. The highest BCUT2D eigenvalue weighted by molar-refractivity contribution is 5.96. The number of methoxy groups -OCH3 is 1. The van der Waals surface area contributed by atoms with Gasteiger partial charge in [-0.25, -0.2) is 5.43 Å². The van der Waals surface area contributed by atoms with Crippen molar-refractivity contribution in [3.63, 3.8) is 0 Å². The van der Waals surface area contributed by atoms with Crippen molar-refractivity contribution in [3.8, 4) is 28.1 Å². The topological polar surface area (TPSA) is 181 Å². The van der Waals surface area contributed by atoms with Gasteiger partial charge >= 0.3 is 5.97 Å². The number of amides is 3. The lowest BCUT2D eigenvalue weighted by atomic mass is 9.84. The molecule has 14 heteroatoms. The molecular weight excluding hydrogens is 775 g/mol. The molecule has 1 saturated carbocycles. The SMILES string of the molecule is CCn1c(-c2cccnc2[C@H](C)OC)c2c3cc(ccc31)-c1cc(O)cc(c1)C[C@H](NC(=O)C(C(C)C)N(C)C(=O)[C@H]1C[C@H]1N)C(=O)N1CCC[C@H](N1)C(=O)OCC(C)(C)C2. The molecule has 14 nitrogen and oxygen atoms in total. The quantitative estimate of drug-likeness (QED) is 0.162. The number of esters is 1. The molecule has 3 aliphatic rings. The molecule has 61 heavy (non-hydrogen) atoms. The number of nitrogens with one attached hydrogen (secondary N) is 2. The van der Waals surface area contributed by atoms with Gasteiger partial charge in [-0.2, -0.15) is 0 Å². The molecule has 2 aliphatic heterocycles. The number of likely N-dealkylation sites (N-methyl/N-ethyl adjacent to an activating group) is 1. The van der Waals surface area contributed by atoms with Gasteiger partial charge in [0, 0.05) is 67.8 Å². The van der Waals surface area contributed by atoms with Crippen LogP contribution >= 0.6 is 0 Å². The van der Waals surface area contributed by atoms with E-state index in [1.165, 1.54) is 9.91 Å². The van der Waals surface area contributed by atoms with E-state index in [1.54, 1.807) is 32.5 Å². The van der Waals surface area contributed by atoms with Crippen LogP contribution in [0.5, 0.6) is 5.75 Å². The van der Waals surface area contributed by atoms with Crippen molar-refractivity contribution in [2.75, 3.05) is 27.3 Å². The second-order valence-corrected chi connectivity index (χ2v) is 18.2. The summed E-state index contributed by atoms with van der Waals surface area (Å²) in [6, 6.07) is 12.5. The molecule has 3 amide bonds. The van der Waals surface area contributed by atoms with Gasteiger partial charge in [0.25, 0.3) is 5.91 Å². The molecule has 0 spiro atoms. The molecule has 1 saturated heterocycles. The maximum absolute atomic E-state index is 14.6. The minimum Gasteiger partial charge on any atom is -0.508 e. The smallest absolute Gasteiger partial charge is 0.324 e. The molecule has 6 atom stereocenters. The number of aromatic hydroxyl groups is 1. The Labute approximate surface area is 358 Å². The Morgan fingerprint density at radius 1 is 1.13 bits per heavy atom. The number of hydrazine groups is 1. The van der Waals surface area contributed by atoms with Gasteiger partial charge in [-0.15, -0.1) is 0 Å². The van der Waals surface area contributed by atoms with Gasteiger partial charge in [-0.1, -0.05) is 39.8 Å². The van der Waals surface area contributed by atoms with Crippen molar-refractivity contribution >= 4 is 34.6 Å². The summed E-state index contributed by atoms with van der Waals surface area (Å²) >= 11 is 0. The minimum atomic E-state index is -1.12. The first-order valence-corrected chi connectivity index (χ1v) is 21.5. The van der Waals surface area contributed by atoms with Gasteiger partial charge in [0.1, 0.15) is 23.9 Å². The predicted octanol–water partition coefficient (Wildman–Crippen LogP) is 5.28. The first-order valence-electron chi connectivity index (χ1n) is 21.5. The largest absolute Gasteiger partial charge is 0.508 e. The van der Waals surface area contributed by atoms with Gasteiger partial charge in [0.2, 0.25) is 11.8 Å². The second-order valence-electron chi connectivity index (χ2n) is 18.2. The number of pyridine rings is 1. The van der Waals surface area contributed by atoms with E-state index in [1.807, 2.05) is 39.0 Å². The van der Waals surface area contributed by atoms with Crippen LogP contribution in [0, 0.1) is 17.3 Å². The number of fused-ring (bicyclic) bond motifs is 6. The summed E-state index contributed by atoms with van der Waals surface area (Å²) < 4.78 is 14.2. The van der Waals surface area contributed by atoms with E-state index in [9.17, 15) is 24.3 Å². The number of ether oxygens (including phenoxy) is 2. The van der Waals surface area contributed by atoms with Crippen molar-refractivity contribution in [1.29, 1.82) is 0 Å². The van der Waals surface area contributed by atoms with Crippen LogP contribution in [0.15, 0.2) is 54.7 Å². The molecule has 1 aliphatic carbocycles. The Morgan fingerprint density at radius 3 is 2.57 bits per heavy atom. The number of hydrogen-bond donors (Lipinski definition) is 4. The number of nitrogens with zero attached hydrogens (tertiary/aromatic N) is 4. The molecule has 5 N–H and O–H groups in total. The van der Waals surface area contributed by atoms with E-state index in [2.05, 4.69) is 54.3 Å². The van der Waals surface area contributed by atoms with E-state index in [4.69, 9.17) is 20.2 Å². The fourth-order valence-corrected chi connectivity index (χ4v) is 9.15. The monoisotopic (exact) mass is 835 g/mol. The maximum atomic E-state index is 14.6. The third kappa shape index (κ3) is 9.03. The number of carbonyl (C=O) groups is 4. The highest BCUT2D eigenvalue weighted by Crippen LogP contribution is 2.42. The number of phenols is 1. The van der Waals surface area contributed by atoms with E-state index in [-0.39, 0.29) is 48.7 Å². The fourth-order valence-electron chi connectivity index (χ4n) is 9.15. The first-order chi connectivity index (χ1) is 29.0. The minimum absolute atomic E-state index is 0.00585. The predicted molar refractivity (Wildman–Crippen MR) is 233 cm³/mol. The number of cyclic esters (lactones) is 1. The normalized spacial score (nSPS) is 22.6. The summed E-state index contributed by atoms with van der Waals surface area (Å²) in [6.45, 7) is 13.1. The van der Waals surface area contributed by atoms with Crippen molar-refractivity contribution in [3.05, 3.63) is 71.5 Å². The van der Waals surface area contributed by atoms with Crippen LogP contribution in [-0.2, 0) is 48.0 Å². The molecule has 4 heterocycles. The van der Waals surface area contributed by atoms with Gasteiger partial charge in [0.05, 0.1) is 30.0 Å². The zero-order chi connectivity index (χ0) is 43.9. The number of aromatic nitrogens is 2. The summed E-state index contributed by atoms with van der Waals surface area (Å²) in [5, 5.41) is 16.6. The van der Waals surface area contributed by atoms with Crippen LogP contribution in [0.2, 0.25) is 0 Å². The van der Waals surface area contributed by atoms with E-state index in [0.29, 0.717) is 44.3 Å². The number of carbonyl (C=O) groups excluding carboxylic acids is 4. The molecule has 2 aromatic heterocycles. The highest BCUT2D eigenvalue weighted by atomic mass is 16.5. The third-order valence-corrected chi connectivity index (χ3v) is 12.5. The Hall–Kier alpha value is -5.31. The summed E-state index contributed by atoms with van der Waals surface area (Å²) in [4.78, 5) is 62.2. The molecule has 1 unspecified atom stereocenters. The lowest BCUT2D eigenvalue weighted by molar-refractivity contribution is -0.155. The number of hydrogen-bond acceptors (Lipinski definition) is 10. The summed E-state index contributed by atoms with van der Waals surface area (Å²) in [7, 11) is 3.28. The zero-order valence-electron chi connectivity index (χ0n) is 36.7. The summed E-state index contributed by atoms with van der Waals surface area (Å²) in [5.41, 5.74) is 15.7. The van der Waals surface area contributed by atoms with Crippen LogP contribution in [0.1, 0.15) is 83.7 Å². The molecule has 6 bridgehead atoms. The van der Waals surface area contributed by atoms with Crippen LogP contribution < -0.4 is 16.5 Å². The Morgan fingerprint density at radius 2 is 1.89 bits per heavy atom. The van der Waals surface area contributed by atoms with Gasteiger partial charge in [-0.3, -0.25) is 29.2 Å². The van der Waals surface area contributed by atoms with Gasteiger partial charge in [-0.05, 0) is 104 Å². The lowest BCUT2D eigenvalue weighted by Crippen LogP contribution is -2.62. The van der Waals surface area contributed by atoms with E-state index in [0.717, 1.165) is 44.5 Å². The van der Waals surface area contributed by atoms with Crippen LogP contribution in [0.4, 0.5) is 0 Å². The molecule has 7 rings (SSSR count). The molecular formula is C47H61N7O7. The zero-order valence-corrected chi connectivity index (χ0v) is 36.7. The van der Waals surface area contributed by atoms with E-state index < -0.39 is 41.3 Å². The number of aryl methyl sites for hydroxylation is 1.